The third-order valence-electron chi connectivity index (χ3n) is 3.53. The van der Waals surface area contributed by atoms with Gasteiger partial charge in [0.1, 0.15) is 0 Å². The fourth-order valence-corrected chi connectivity index (χ4v) is 2.16. The van der Waals surface area contributed by atoms with Crippen LogP contribution >= 0.6 is 0 Å². The number of piperazine rings is 1. The molecule has 7 nitrogen and oxygen atoms in total. The predicted molar refractivity (Wildman–Crippen MR) is 83.6 cm³/mol. The number of hydrogen-bond donors (Lipinski definition) is 3. The molecule has 2 rings (SSSR count). The van der Waals surface area contributed by atoms with Crippen LogP contribution in [0.15, 0.2) is 24.3 Å². The van der Waals surface area contributed by atoms with Gasteiger partial charge in [0.05, 0.1) is 12.5 Å². The Morgan fingerprint density at radius 1 is 1.27 bits per heavy atom. The molecule has 22 heavy (non-hydrogen) atoms. The first-order valence-corrected chi connectivity index (χ1v) is 7.12. The quantitative estimate of drug-likeness (QED) is 0.735. The highest BCUT2D eigenvalue weighted by Gasteiger charge is 2.23. The van der Waals surface area contributed by atoms with E-state index in [1.807, 2.05) is 0 Å². The lowest BCUT2D eigenvalue weighted by Gasteiger charge is -2.23. The summed E-state index contributed by atoms with van der Waals surface area (Å²) in [4.78, 5) is 36.3. The average Bonchev–Trinajstić information content (AvgIpc) is 2.49. The van der Waals surface area contributed by atoms with E-state index in [4.69, 9.17) is 0 Å². The molecule has 0 bridgehead atoms. The number of nitrogens with zero attached hydrogens (tertiary/aromatic N) is 1. The molecule has 0 aromatic heterocycles. The first-order valence-electron chi connectivity index (χ1n) is 7.12. The molecular weight excluding hydrogens is 284 g/mol. The zero-order valence-corrected chi connectivity index (χ0v) is 12.7. The van der Waals surface area contributed by atoms with E-state index in [1.54, 1.807) is 31.3 Å². The molecule has 0 radical (unpaired) electrons. The van der Waals surface area contributed by atoms with Gasteiger partial charge in [0.2, 0.25) is 17.7 Å². The van der Waals surface area contributed by atoms with Crippen LogP contribution in [0.5, 0.6) is 0 Å². The van der Waals surface area contributed by atoms with Gasteiger partial charge >= 0.3 is 0 Å². The van der Waals surface area contributed by atoms with Gasteiger partial charge < -0.3 is 20.9 Å². The van der Waals surface area contributed by atoms with Crippen LogP contribution in [-0.4, -0.2) is 43.9 Å². The Balaban J connectivity index is 1.91. The highest BCUT2D eigenvalue weighted by Crippen LogP contribution is 2.17. The van der Waals surface area contributed by atoms with Crippen molar-refractivity contribution in [3.63, 3.8) is 0 Å². The smallest absolute Gasteiger partial charge is 0.237 e. The highest BCUT2D eigenvalue weighted by atomic mass is 16.2. The molecule has 7 heteroatoms. The lowest BCUT2D eigenvalue weighted by Crippen LogP contribution is -2.53. The summed E-state index contributed by atoms with van der Waals surface area (Å²) in [7, 11) is 1.68. The number of carbonyl (C=O) groups excluding carboxylic acids is 3. The average molecular weight is 304 g/mol. The van der Waals surface area contributed by atoms with Crippen LogP contribution in [0, 0.1) is 0 Å². The van der Waals surface area contributed by atoms with Crippen molar-refractivity contribution in [2.24, 2.45) is 0 Å². The molecule has 1 atom stereocenters. The summed E-state index contributed by atoms with van der Waals surface area (Å²) in [5.74, 6) is -0.451. The summed E-state index contributed by atoms with van der Waals surface area (Å²) < 4.78 is 0. The van der Waals surface area contributed by atoms with Crippen LogP contribution in [0.2, 0.25) is 0 Å². The number of amides is 3. The largest absolute Gasteiger partial charge is 0.353 e. The van der Waals surface area contributed by atoms with Crippen LogP contribution in [0.4, 0.5) is 11.4 Å². The van der Waals surface area contributed by atoms with Crippen molar-refractivity contribution in [2.75, 3.05) is 30.4 Å². The second-order valence-corrected chi connectivity index (χ2v) is 5.17. The third kappa shape index (κ3) is 4.05. The first kappa shape index (κ1) is 16.0. The van der Waals surface area contributed by atoms with Gasteiger partial charge in [-0.2, -0.15) is 0 Å². The second-order valence-electron chi connectivity index (χ2n) is 5.17. The Kier molecular flexibility index (Phi) is 5.11. The standard InChI is InChI=1S/C15H20N4O3/c1-10(20)19(2)12-5-3-11(4-6-12)18-14(21)9-13-15(22)17-8-7-16-13/h3-6,13,16H,7-9H2,1-2H3,(H,17,22)(H,18,21). The number of nitrogens with one attached hydrogen (secondary N) is 3. The van der Waals surface area contributed by atoms with Crippen molar-refractivity contribution in [1.29, 1.82) is 0 Å². The minimum atomic E-state index is -0.489. The Morgan fingerprint density at radius 3 is 2.55 bits per heavy atom. The van der Waals surface area contributed by atoms with Gasteiger partial charge in [-0.25, -0.2) is 0 Å². The summed E-state index contributed by atoms with van der Waals surface area (Å²) in [6, 6.07) is 6.46. The summed E-state index contributed by atoms with van der Waals surface area (Å²) in [5, 5.41) is 8.46. The molecule has 1 aliphatic heterocycles. The maximum absolute atomic E-state index is 12.0. The Morgan fingerprint density at radius 2 is 1.95 bits per heavy atom. The van der Waals surface area contributed by atoms with Crippen molar-refractivity contribution in [3.8, 4) is 0 Å². The Hall–Kier alpha value is -2.41. The molecule has 118 valence electrons. The highest BCUT2D eigenvalue weighted by molar-refractivity contribution is 5.96. The molecule has 1 heterocycles. The molecule has 1 aromatic carbocycles. The minimum Gasteiger partial charge on any atom is -0.353 e. The fourth-order valence-electron chi connectivity index (χ4n) is 2.16. The Bertz CT molecular complexity index is 571. The van der Waals surface area contributed by atoms with Gasteiger partial charge in [-0.1, -0.05) is 0 Å². The normalized spacial score (nSPS) is 17.5. The molecule has 3 N–H and O–H groups in total. The van der Waals surface area contributed by atoms with E-state index in [2.05, 4.69) is 16.0 Å². The lowest BCUT2D eigenvalue weighted by molar-refractivity contribution is -0.127. The summed E-state index contributed by atoms with van der Waals surface area (Å²) >= 11 is 0. The molecule has 0 aliphatic carbocycles. The molecule has 0 spiro atoms. The zero-order valence-electron chi connectivity index (χ0n) is 12.7. The zero-order chi connectivity index (χ0) is 16.1. The second kappa shape index (κ2) is 7.04. The molecular formula is C15H20N4O3. The molecule has 1 unspecified atom stereocenters. The number of carbonyl (C=O) groups is 3. The number of rotatable bonds is 4. The third-order valence-corrected chi connectivity index (χ3v) is 3.53. The topological polar surface area (TPSA) is 90.5 Å². The van der Waals surface area contributed by atoms with E-state index in [1.165, 1.54) is 11.8 Å². The number of hydrogen-bond acceptors (Lipinski definition) is 4. The van der Waals surface area contributed by atoms with Crippen molar-refractivity contribution < 1.29 is 14.4 Å². The van der Waals surface area contributed by atoms with Gasteiger partial charge in [-0.05, 0) is 24.3 Å². The van der Waals surface area contributed by atoms with Crippen LogP contribution in [0.1, 0.15) is 13.3 Å². The molecule has 0 saturated carbocycles. The van der Waals surface area contributed by atoms with Crippen molar-refractivity contribution in [2.45, 2.75) is 19.4 Å². The molecule has 1 aliphatic rings. The maximum atomic E-state index is 12.0. The summed E-state index contributed by atoms with van der Waals surface area (Å²) in [6.07, 6.45) is 0.0843. The summed E-state index contributed by atoms with van der Waals surface area (Å²) in [6.45, 7) is 2.73. The van der Waals surface area contributed by atoms with E-state index in [0.717, 1.165) is 5.69 Å². The van der Waals surface area contributed by atoms with E-state index < -0.39 is 6.04 Å². The van der Waals surface area contributed by atoms with Crippen LogP contribution in [0.3, 0.4) is 0 Å². The summed E-state index contributed by atoms with van der Waals surface area (Å²) in [5.41, 5.74) is 1.38. The Labute approximate surface area is 129 Å². The molecule has 1 aromatic rings. The van der Waals surface area contributed by atoms with E-state index >= 15 is 0 Å². The van der Waals surface area contributed by atoms with Gasteiger partial charge in [0.15, 0.2) is 0 Å². The SMILES string of the molecule is CC(=O)N(C)c1ccc(NC(=O)CC2NCCNC2=O)cc1. The molecule has 3 amide bonds. The lowest BCUT2D eigenvalue weighted by atomic mass is 10.1. The monoisotopic (exact) mass is 304 g/mol. The van der Waals surface area contributed by atoms with Crippen molar-refractivity contribution in [1.82, 2.24) is 10.6 Å². The van der Waals surface area contributed by atoms with Gasteiger partial charge in [0, 0.05) is 38.4 Å². The number of benzene rings is 1. The van der Waals surface area contributed by atoms with Crippen LogP contribution < -0.4 is 20.9 Å². The minimum absolute atomic E-state index is 0.0637. The van der Waals surface area contributed by atoms with Gasteiger partial charge in [-0.3, -0.25) is 14.4 Å². The fraction of sp³-hybridized carbons (Fsp3) is 0.400. The number of anilines is 2. The predicted octanol–water partition coefficient (Wildman–Crippen LogP) is 0.0859. The van der Waals surface area contributed by atoms with Crippen molar-refractivity contribution >= 4 is 29.1 Å². The van der Waals surface area contributed by atoms with Crippen LogP contribution in [0.25, 0.3) is 0 Å². The van der Waals surface area contributed by atoms with E-state index in [0.29, 0.717) is 18.8 Å². The maximum Gasteiger partial charge on any atom is 0.237 e. The van der Waals surface area contributed by atoms with Crippen molar-refractivity contribution in [3.05, 3.63) is 24.3 Å². The molecule has 1 saturated heterocycles. The van der Waals surface area contributed by atoms with Crippen LogP contribution in [-0.2, 0) is 14.4 Å². The first-order chi connectivity index (χ1) is 10.5. The van der Waals surface area contributed by atoms with Gasteiger partial charge in [-0.15, -0.1) is 0 Å². The molecule has 1 fully saturated rings. The van der Waals surface area contributed by atoms with Gasteiger partial charge in [0.25, 0.3) is 0 Å². The van der Waals surface area contributed by atoms with E-state index in [9.17, 15) is 14.4 Å². The van der Waals surface area contributed by atoms with E-state index in [-0.39, 0.29) is 24.1 Å².